The van der Waals surface area contributed by atoms with Gasteiger partial charge in [0, 0.05) is 7.05 Å². The number of rotatable bonds is 4. The predicted molar refractivity (Wildman–Crippen MR) is 59.2 cm³/mol. The molecule has 0 aromatic carbocycles. The van der Waals surface area contributed by atoms with Crippen LogP contribution in [0.25, 0.3) is 11.0 Å². The fourth-order valence-corrected chi connectivity index (χ4v) is 1.33. The number of H-pyrrole nitrogens is 1. The van der Waals surface area contributed by atoms with E-state index in [0.717, 1.165) is 23.1 Å². The number of ether oxygens (including phenoxy) is 1. The molecule has 0 aliphatic heterocycles. The van der Waals surface area contributed by atoms with Crippen molar-refractivity contribution in [3.05, 3.63) is 12.3 Å². The van der Waals surface area contributed by atoms with Gasteiger partial charge in [0.2, 0.25) is 5.88 Å². The summed E-state index contributed by atoms with van der Waals surface area (Å²) in [5, 5.41) is 10.9. The number of hydrogen-bond donors (Lipinski definition) is 2. The highest BCUT2D eigenvalue weighted by molar-refractivity contribution is 5.83. The minimum absolute atomic E-state index is 0.622. The molecule has 2 rings (SSSR count). The van der Waals surface area contributed by atoms with Crippen LogP contribution < -0.4 is 10.1 Å². The van der Waals surface area contributed by atoms with Crippen LogP contribution in [0.15, 0.2) is 12.3 Å². The van der Waals surface area contributed by atoms with Crippen molar-refractivity contribution in [2.24, 2.45) is 0 Å². The molecular weight excluding hydrogens is 192 g/mol. The van der Waals surface area contributed by atoms with Crippen LogP contribution in [0.3, 0.4) is 0 Å². The van der Waals surface area contributed by atoms with Crippen LogP contribution >= 0.6 is 0 Å². The Labute approximate surface area is 87.9 Å². The van der Waals surface area contributed by atoms with E-state index in [1.54, 1.807) is 6.20 Å². The van der Waals surface area contributed by atoms with Gasteiger partial charge in [0.05, 0.1) is 23.9 Å². The minimum Gasteiger partial charge on any atom is -0.476 e. The highest BCUT2D eigenvalue weighted by Gasteiger charge is 2.07. The highest BCUT2D eigenvalue weighted by Crippen LogP contribution is 2.23. The normalized spacial score (nSPS) is 10.5. The Bertz CT molecular complexity index is 452. The summed E-state index contributed by atoms with van der Waals surface area (Å²) >= 11 is 0. The van der Waals surface area contributed by atoms with Crippen LogP contribution in [0.2, 0.25) is 0 Å². The smallest absolute Gasteiger partial charge is 0.242 e. The average Bonchev–Trinajstić information content (AvgIpc) is 2.68. The first kappa shape index (κ1) is 9.76. The van der Waals surface area contributed by atoms with Gasteiger partial charge in [-0.3, -0.25) is 5.10 Å². The fraction of sp³-hybridized carbons (Fsp3) is 0.400. The first-order chi connectivity index (χ1) is 7.35. The first-order valence-corrected chi connectivity index (χ1v) is 4.99. The monoisotopic (exact) mass is 206 g/mol. The predicted octanol–water partition coefficient (Wildman–Crippen LogP) is 1.79. The molecule has 0 fully saturated rings. The number of pyridine rings is 1. The molecule has 0 spiro atoms. The van der Waals surface area contributed by atoms with Crippen molar-refractivity contribution in [1.29, 1.82) is 0 Å². The Hall–Kier alpha value is -1.78. The van der Waals surface area contributed by atoms with Crippen LogP contribution in [0.4, 0.5) is 5.69 Å². The summed E-state index contributed by atoms with van der Waals surface area (Å²) in [7, 11) is 1.86. The average molecular weight is 206 g/mol. The maximum atomic E-state index is 5.50. The van der Waals surface area contributed by atoms with E-state index in [9.17, 15) is 0 Å². The molecule has 0 amide bonds. The fourth-order valence-electron chi connectivity index (χ4n) is 1.33. The molecule has 5 nitrogen and oxygen atoms in total. The lowest BCUT2D eigenvalue weighted by molar-refractivity contribution is 0.308. The maximum absolute atomic E-state index is 5.50. The molecule has 0 radical (unpaired) electrons. The lowest BCUT2D eigenvalue weighted by Gasteiger charge is -2.01. The van der Waals surface area contributed by atoms with Crippen LogP contribution in [0.1, 0.15) is 13.3 Å². The quantitative estimate of drug-likeness (QED) is 0.800. The molecule has 0 saturated heterocycles. The number of nitrogens with one attached hydrogen (secondary N) is 2. The van der Waals surface area contributed by atoms with Crippen LogP contribution in [-0.2, 0) is 0 Å². The molecule has 0 saturated carbocycles. The number of fused-ring (bicyclic) bond motifs is 1. The third-order valence-electron chi connectivity index (χ3n) is 2.11. The van der Waals surface area contributed by atoms with E-state index in [0.29, 0.717) is 12.5 Å². The van der Waals surface area contributed by atoms with E-state index < -0.39 is 0 Å². The summed E-state index contributed by atoms with van der Waals surface area (Å²) in [6.45, 7) is 2.73. The van der Waals surface area contributed by atoms with Crippen molar-refractivity contribution < 1.29 is 4.74 Å². The largest absolute Gasteiger partial charge is 0.476 e. The molecule has 2 heterocycles. The summed E-state index contributed by atoms with van der Waals surface area (Å²) in [5.41, 5.74) is 1.70. The van der Waals surface area contributed by atoms with E-state index in [4.69, 9.17) is 4.74 Å². The van der Waals surface area contributed by atoms with Gasteiger partial charge in [-0.2, -0.15) is 0 Å². The third kappa shape index (κ3) is 1.86. The summed E-state index contributed by atoms with van der Waals surface area (Å²) in [6.07, 6.45) is 2.72. The second-order valence-electron chi connectivity index (χ2n) is 3.25. The third-order valence-corrected chi connectivity index (χ3v) is 2.11. The van der Waals surface area contributed by atoms with Gasteiger partial charge >= 0.3 is 0 Å². The molecule has 2 aromatic heterocycles. The molecule has 0 unspecified atom stereocenters. The lowest BCUT2D eigenvalue weighted by atomic mass is 10.3. The van der Waals surface area contributed by atoms with Gasteiger partial charge in [0.15, 0.2) is 5.65 Å². The summed E-state index contributed by atoms with van der Waals surface area (Å²) in [5.74, 6) is 0.622. The second-order valence-corrected chi connectivity index (χ2v) is 3.25. The zero-order valence-electron chi connectivity index (χ0n) is 8.87. The Morgan fingerprint density at radius 2 is 2.40 bits per heavy atom. The van der Waals surface area contributed by atoms with Crippen LogP contribution in [0, 0.1) is 0 Å². The van der Waals surface area contributed by atoms with Crippen molar-refractivity contribution in [3.63, 3.8) is 0 Å². The molecule has 2 N–H and O–H groups in total. The van der Waals surface area contributed by atoms with Gasteiger partial charge < -0.3 is 10.1 Å². The van der Waals surface area contributed by atoms with E-state index >= 15 is 0 Å². The van der Waals surface area contributed by atoms with Crippen LogP contribution in [0.5, 0.6) is 5.88 Å². The number of aromatic amines is 1. The Kier molecular flexibility index (Phi) is 2.71. The molecule has 0 aliphatic rings. The van der Waals surface area contributed by atoms with E-state index in [1.165, 1.54) is 0 Å². The van der Waals surface area contributed by atoms with Gasteiger partial charge in [0.1, 0.15) is 0 Å². The Balaban J connectivity index is 2.38. The van der Waals surface area contributed by atoms with Crippen molar-refractivity contribution in [2.75, 3.05) is 19.0 Å². The molecule has 15 heavy (non-hydrogen) atoms. The van der Waals surface area contributed by atoms with Crippen molar-refractivity contribution in [2.45, 2.75) is 13.3 Å². The first-order valence-electron chi connectivity index (χ1n) is 4.99. The van der Waals surface area contributed by atoms with Gasteiger partial charge in [0.25, 0.3) is 0 Å². The van der Waals surface area contributed by atoms with E-state index in [2.05, 4.69) is 27.4 Å². The second kappa shape index (κ2) is 4.16. The molecular formula is C10H14N4O. The van der Waals surface area contributed by atoms with Crippen molar-refractivity contribution >= 4 is 16.7 Å². The zero-order valence-corrected chi connectivity index (χ0v) is 8.87. The molecule has 0 atom stereocenters. The SMILES string of the molecule is CCCOc1n[nH]c2ncc(NC)cc12. The maximum Gasteiger partial charge on any atom is 0.242 e. The topological polar surface area (TPSA) is 62.8 Å². The summed E-state index contributed by atoms with van der Waals surface area (Å²) < 4.78 is 5.50. The van der Waals surface area contributed by atoms with Gasteiger partial charge in [-0.25, -0.2) is 4.98 Å². The van der Waals surface area contributed by atoms with Gasteiger partial charge in [-0.15, -0.1) is 5.10 Å². The minimum atomic E-state index is 0.622. The number of nitrogens with zero attached hydrogens (tertiary/aromatic N) is 2. The summed E-state index contributed by atoms with van der Waals surface area (Å²) in [6, 6.07) is 1.97. The lowest BCUT2D eigenvalue weighted by Crippen LogP contribution is -1.95. The molecule has 80 valence electrons. The molecule has 0 aliphatic carbocycles. The van der Waals surface area contributed by atoms with E-state index in [-0.39, 0.29) is 0 Å². The van der Waals surface area contributed by atoms with Crippen molar-refractivity contribution in [3.8, 4) is 5.88 Å². The summed E-state index contributed by atoms with van der Waals surface area (Å²) in [4.78, 5) is 4.22. The van der Waals surface area contributed by atoms with Crippen LogP contribution in [-0.4, -0.2) is 28.8 Å². The molecule has 5 heteroatoms. The number of hydrogen-bond acceptors (Lipinski definition) is 4. The number of anilines is 1. The molecule has 0 bridgehead atoms. The van der Waals surface area contributed by atoms with Gasteiger partial charge in [-0.05, 0) is 12.5 Å². The standard InChI is InChI=1S/C10H14N4O/c1-3-4-15-10-8-5-7(11-2)6-12-9(8)13-14-10/h5-6,11H,3-4H2,1-2H3,(H,12,13,14). The number of aromatic nitrogens is 3. The highest BCUT2D eigenvalue weighted by atomic mass is 16.5. The Morgan fingerprint density at radius 3 is 3.13 bits per heavy atom. The zero-order chi connectivity index (χ0) is 10.7. The Morgan fingerprint density at radius 1 is 1.53 bits per heavy atom. The van der Waals surface area contributed by atoms with E-state index in [1.807, 2.05) is 13.1 Å². The van der Waals surface area contributed by atoms with Gasteiger partial charge in [-0.1, -0.05) is 6.92 Å². The molecule has 2 aromatic rings. The van der Waals surface area contributed by atoms with Crippen molar-refractivity contribution in [1.82, 2.24) is 15.2 Å².